The molecule has 0 fully saturated rings. The molecule has 2 rings (SSSR count). The summed E-state index contributed by atoms with van der Waals surface area (Å²) in [7, 11) is 5.11. The van der Waals surface area contributed by atoms with Crippen LogP contribution in [0.5, 0.6) is 0 Å². The molecule has 0 spiro atoms. The number of nitrogens with one attached hydrogen (secondary N) is 1. The van der Waals surface area contributed by atoms with Crippen molar-refractivity contribution < 1.29 is 9.59 Å². The average Bonchev–Trinajstić information content (AvgIpc) is 2.67. The second kappa shape index (κ2) is 8.27. The number of carbonyl (C=O) groups excluding carboxylic acids is 2. The Labute approximate surface area is 147 Å². The van der Waals surface area contributed by atoms with Crippen LogP contribution in [0.15, 0.2) is 0 Å². The summed E-state index contributed by atoms with van der Waals surface area (Å²) in [6.45, 7) is 0.305. The van der Waals surface area contributed by atoms with Crippen molar-refractivity contribution in [2.45, 2.75) is 32.1 Å². The van der Waals surface area contributed by atoms with Gasteiger partial charge in [-0.3, -0.25) is 14.5 Å². The number of thiophene rings is 1. The minimum atomic E-state index is -0.197. The van der Waals surface area contributed by atoms with E-state index in [0.29, 0.717) is 10.6 Å². The molecule has 0 atom stereocenters. The predicted molar refractivity (Wildman–Crippen MR) is 95.1 cm³/mol. The van der Waals surface area contributed by atoms with Crippen LogP contribution in [0.3, 0.4) is 0 Å². The molecule has 24 heavy (non-hydrogen) atoms. The van der Waals surface area contributed by atoms with E-state index in [0.717, 1.165) is 31.2 Å². The van der Waals surface area contributed by atoms with Gasteiger partial charge < -0.3 is 10.2 Å². The zero-order chi connectivity index (χ0) is 17.7. The van der Waals surface area contributed by atoms with Gasteiger partial charge in [0.1, 0.15) is 11.1 Å². The number of anilines is 1. The van der Waals surface area contributed by atoms with Gasteiger partial charge in [0, 0.05) is 19.0 Å². The zero-order valence-electron chi connectivity index (χ0n) is 14.5. The fraction of sp³-hybridized carbons (Fsp3) is 0.588. The number of carbonyl (C=O) groups is 2. The first-order chi connectivity index (χ1) is 11.4. The third-order valence-electron chi connectivity index (χ3n) is 4.10. The topological polar surface area (TPSA) is 76.4 Å². The quantitative estimate of drug-likeness (QED) is 0.824. The number of amides is 2. The van der Waals surface area contributed by atoms with Gasteiger partial charge in [0.25, 0.3) is 0 Å². The van der Waals surface area contributed by atoms with E-state index in [1.165, 1.54) is 27.5 Å². The summed E-state index contributed by atoms with van der Waals surface area (Å²) >= 11 is 1.53. The maximum absolute atomic E-state index is 12.2. The van der Waals surface area contributed by atoms with Crippen molar-refractivity contribution in [1.82, 2.24) is 9.80 Å². The number of likely N-dealkylation sites (N-methyl/N-ethyl adjacent to an activating group) is 2. The second-order valence-corrected chi connectivity index (χ2v) is 7.49. The lowest BCUT2D eigenvalue weighted by Gasteiger charge is -2.18. The Kier molecular flexibility index (Phi) is 6.35. The van der Waals surface area contributed by atoms with E-state index in [9.17, 15) is 14.9 Å². The van der Waals surface area contributed by atoms with Crippen molar-refractivity contribution in [3.05, 3.63) is 16.0 Å². The first-order valence-electron chi connectivity index (χ1n) is 8.15. The Bertz CT molecular complexity index is 660. The molecular weight excluding hydrogens is 324 g/mol. The highest BCUT2D eigenvalue weighted by Gasteiger charge is 2.21. The van der Waals surface area contributed by atoms with Gasteiger partial charge in [0.05, 0.1) is 18.7 Å². The monoisotopic (exact) mass is 348 g/mol. The molecule has 0 aromatic carbocycles. The van der Waals surface area contributed by atoms with Gasteiger partial charge in [0.2, 0.25) is 11.8 Å². The highest BCUT2D eigenvalue weighted by molar-refractivity contribution is 7.16. The number of hydrogen-bond acceptors (Lipinski definition) is 5. The van der Waals surface area contributed by atoms with Crippen LogP contribution in [0.1, 0.15) is 35.3 Å². The van der Waals surface area contributed by atoms with E-state index in [-0.39, 0.29) is 24.9 Å². The van der Waals surface area contributed by atoms with Gasteiger partial charge in [-0.15, -0.1) is 11.3 Å². The van der Waals surface area contributed by atoms with Gasteiger partial charge in [-0.05, 0) is 38.3 Å². The van der Waals surface area contributed by atoms with Crippen LogP contribution in [0, 0.1) is 11.3 Å². The van der Waals surface area contributed by atoms with Gasteiger partial charge in [-0.25, -0.2) is 0 Å². The van der Waals surface area contributed by atoms with Crippen LogP contribution < -0.4 is 5.32 Å². The molecular formula is C17H24N4O2S. The van der Waals surface area contributed by atoms with Crippen LogP contribution >= 0.6 is 11.3 Å². The highest BCUT2D eigenvalue weighted by atomic mass is 32.1. The van der Waals surface area contributed by atoms with Crippen molar-refractivity contribution in [2.75, 3.05) is 39.5 Å². The van der Waals surface area contributed by atoms with Gasteiger partial charge in [-0.1, -0.05) is 6.42 Å². The Morgan fingerprint density at radius 1 is 1.17 bits per heavy atom. The predicted octanol–water partition coefficient (Wildman–Crippen LogP) is 1.85. The molecule has 0 saturated carbocycles. The van der Waals surface area contributed by atoms with E-state index in [2.05, 4.69) is 11.4 Å². The average molecular weight is 348 g/mol. The number of nitriles is 1. The van der Waals surface area contributed by atoms with E-state index >= 15 is 0 Å². The Morgan fingerprint density at radius 3 is 2.54 bits per heavy atom. The SMILES string of the molecule is CN(CC(=O)Nc1sc2c(c1C#N)CCCCC2)CC(=O)N(C)C. The molecule has 1 aromatic rings. The van der Waals surface area contributed by atoms with E-state index in [1.54, 1.807) is 26.0 Å². The Hall–Kier alpha value is -1.91. The maximum atomic E-state index is 12.2. The summed E-state index contributed by atoms with van der Waals surface area (Å²) in [5.41, 5.74) is 1.74. The summed E-state index contributed by atoms with van der Waals surface area (Å²) in [6.07, 6.45) is 5.34. The van der Waals surface area contributed by atoms with E-state index in [1.807, 2.05) is 0 Å². The third-order valence-corrected chi connectivity index (χ3v) is 5.31. The molecule has 1 aliphatic carbocycles. The molecule has 0 radical (unpaired) electrons. The van der Waals surface area contributed by atoms with Crippen LogP contribution in [-0.2, 0) is 22.4 Å². The lowest BCUT2D eigenvalue weighted by Crippen LogP contribution is -2.38. The fourth-order valence-electron chi connectivity index (χ4n) is 2.79. The van der Waals surface area contributed by atoms with E-state index < -0.39 is 0 Å². The maximum Gasteiger partial charge on any atom is 0.239 e. The lowest BCUT2D eigenvalue weighted by molar-refractivity contribution is -0.130. The Morgan fingerprint density at radius 2 is 1.88 bits per heavy atom. The third kappa shape index (κ3) is 4.56. The molecule has 2 amide bonds. The highest BCUT2D eigenvalue weighted by Crippen LogP contribution is 2.36. The van der Waals surface area contributed by atoms with Crippen LogP contribution in [0.2, 0.25) is 0 Å². The molecule has 1 heterocycles. The second-order valence-electron chi connectivity index (χ2n) is 6.39. The van der Waals surface area contributed by atoms with Crippen molar-refractivity contribution in [1.29, 1.82) is 5.26 Å². The molecule has 6 nitrogen and oxygen atoms in total. The van der Waals surface area contributed by atoms with Gasteiger partial charge >= 0.3 is 0 Å². The minimum Gasteiger partial charge on any atom is -0.348 e. The molecule has 1 aromatic heterocycles. The summed E-state index contributed by atoms with van der Waals surface area (Å²) < 4.78 is 0. The summed E-state index contributed by atoms with van der Waals surface area (Å²) in [5, 5.41) is 13.0. The smallest absolute Gasteiger partial charge is 0.239 e. The minimum absolute atomic E-state index is 0.0501. The number of nitrogens with zero attached hydrogens (tertiary/aromatic N) is 3. The standard InChI is InChI=1S/C17H24N4O2S/c1-20(2)16(23)11-21(3)10-15(22)19-17-13(9-18)12-7-5-4-6-8-14(12)24-17/h4-8,10-11H2,1-3H3,(H,19,22). The van der Waals surface area contributed by atoms with Crippen molar-refractivity contribution >= 4 is 28.2 Å². The zero-order valence-corrected chi connectivity index (χ0v) is 15.3. The number of aryl methyl sites for hydroxylation is 1. The lowest BCUT2D eigenvalue weighted by atomic mass is 10.1. The molecule has 0 unspecified atom stereocenters. The Balaban J connectivity index is 2.02. The fourth-order valence-corrected chi connectivity index (χ4v) is 4.04. The summed E-state index contributed by atoms with van der Waals surface area (Å²) in [5.74, 6) is -0.247. The largest absolute Gasteiger partial charge is 0.348 e. The summed E-state index contributed by atoms with van der Waals surface area (Å²) in [4.78, 5) is 28.3. The molecule has 130 valence electrons. The molecule has 1 aliphatic rings. The summed E-state index contributed by atoms with van der Waals surface area (Å²) in [6, 6.07) is 2.26. The van der Waals surface area contributed by atoms with Crippen molar-refractivity contribution in [2.24, 2.45) is 0 Å². The van der Waals surface area contributed by atoms with Crippen molar-refractivity contribution in [3.63, 3.8) is 0 Å². The molecule has 0 saturated heterocycles. The first-order valence-corrected chi connectivity index (χ1v) is 8.97. The molecule has 0 bridgehead atoms. The number of fused-ring (bicyclic) bond motifs is 1. The van der Waals surface area contributed by atoms with E-state index in [4.69, 9.17) is 0 Å². The molecule has 0 aliphatic heterocycles. The van der Waals surface area contributed by atoms with Gasteiger partial charge in [-0.2, -0.15) is 5.26 Å². The normalized spacial score (nSPS) is 13.8. The van der Waals surface area contributed by atoms with Crippen molar-refractivity contribution in [3.8, 4) is 6.07 Å². The molecule has 7 heteroatoms. The molecule has 1 N–H and O–H groups in total. The first kappa shape index (κ1) is 18.4. The van der Waals surface area contributed by atoms with Crippen LogP contribution in [0.4, 0.5) is 5.00 Å². The van der Waals surface area contributed by atoms with Gasteiger partial charge in [0.15, 0.2) is 0 Å². The number of rotatable bonds is 5. The van der Waals surface area contributed by atoms with Crippen LogP contribution in [0.25, 0.3) is 0 Å². The van der Waals surface area contributed by atoms with Crippen LogP contribution in [-0.4, -0.2) is 55.8 Å². The number of hydrogen-bond donors (Lipinski definition) is 1.